The number of halogens is 1. The molecule has 7 nitrogen and oxygen atoms in total. The Labute approximate surface area is 168 Å². The minimum atomic E-state index is 0.307. The number of nitrogens with one attached hydrogen (secondary N) is 1. The molecule has 0 spiro atoms. The molecule has 1 N–H and O–H groups in total. The predicted octanol–water partition coefficient (Wildman–Crippen LogP) is 4.22. The highest BCUT2D eigenvalue weighted by molar-refractivity contribution is 6.33. The second-order valence-corrected chi connectivity index (χ2v) is 7.22. The van der Waals surface area contributed by atoms with Gasteiger partial charge in [-0.1, -0.05) is 11.6 Å². The normalized spacial score (nSPS) is 14.2. The van der Waals surface area contributed by atoms with Crippen LogP contribution in [0.1, 0.15) is 35.7 Å². The molecule has 3 aromatic rings. The van der Waals surface area contributed by atoms with E-state index in [0.29, 0.717) is 23.1 Å². The molecule has 0 fully saturated rings. The van der Waals surface area contributed by atoms with E-state index in [4.69, 9.17) is 16.3 Å². The average Bonchev–Trinajstić information content (AvgIpc) is 3.19. The molecule has 1 aliphatic rings. The fourth-order valence-electron chi connectivity index (χ4n) is 3.69. The lowest BCUT2D eigenvalue weighted by molar-refractivity contribution is 0.275. The zero-order valence-electron chi connectivity index (χ0n) is 16.1. The summed E-state index contributed by atoms with van der Waals surface area (Å²) >= 11 is 6.25. The van der Waals surface area contributed by atoms with Crippen molar-refractivity contribution in [1.29, 1.82) is 0 Å². The van der Waals surface area contributed by atoms with Crippen LogP contribution in [0, 0.1) is 13.8 Å². The molecule has 0 radical (unpaired) electrons. The topological polar surface area (TPSA) is 68.7 Å². The average molecular weight is 399 g/mol. The number of nitrogens with zero attached hydrogens (tertiary/aromatic N) is 5. The first-order valence-electron chi connectivity index (χ1n) is 9.32. The van der Waals surface area contributed by atoms with Gasteiger partial charge in [0, 0.05) is 19.2 Å². The number of imidazole rings is 2. The third-order valence-electron chi connectivity index (χ3n) is 4.96. The number of aryl methyl sites for hydroxylation is 3. The molecule has 0 unspecified atom stereocenters. The smallest absolute Gasteiger partial charge is 0.159 e. The molecule has 4 heterocycles. The van der Waals surface area contributed by atoms with Gasteiger partial charge in [0.15, 0.2) is 12.4 Å². The molecule has 0 aromatic carbocycles. The zero-order valence-corrected chi connectivity index (χ0v) is 16.8. The number of pyridine rings is 1. The number of hydrogen-bond acceptors (Lipinski definition) is 5. The summed E-state index contributed by atoms with van der Waals surface area (Å²) in [6, 6.07) is 3.68. The molecule has 0 saturated carbocycles. The predicted molar refractivity (Wildman–Crippen MR) is 112 cm³/mol. The van der Waals surface area contributed by atoms with E-state index in [1.165, 1.54) is 12.8 Å². The van der Waals surface area contributed by atoms with Gasteiger partial charge in [-0.15, -0.1) is 0 Å². The van der Waals surface area contributed by atoms with E-state index in [-0.39, 0.29) is 0 Å². The van der Waals surface area contributed by atoms with Gasteiger partial charge in [-0.2, -0.15) is 0 Å². The molecule has 0 bridgehead atoms. The van der Waals surface area contributed by atoms with E-state index in [2.05, 4.69) is 31.6 Å². The largest absolute Gasteiger partial charge is 0.479 e. The van der Waals surface area contributed by atoms with Crippen molar-refractivity contribution >= 4 is 35.5 Å². The van der Waals surface area contributed by atoms with Crippen LogP contribution in [-0.2, 0) is 17.7 Å². The van der Waals surface area contributed by atoms with Crippen LogP contribution in [0.3, 0.4) is 0 Å². The van der Waals surface area contributed by atoms with Crippen molar-refractivity contribution in [3.8, 4) is 0 Å². The Bertz CT molecular complexity index is 1060. The molecule has 0 saturated heterocycles. The number of hydrogen-bond donors (Lipinski definition) is 1. The minimum absolute atomic E-state index is 0.307. The van der Waals surface area contributed by atoms with E-state index in [1.807, 2.05) is 36.6 Å². The molecular formula is C20H23ClN6O. The second kappa shape index (κ2) is 7.67. The maximum absolute atomic E-state index is 6.25. The molecule has 1 aliphatic heterocycles. The monoisotopic (exact) mass is 398 g/mol. The van der Waals surface area contributed by atoms with E-state index in [0.717, 1.165) is 41.7 Å². The van der Waals surface area contributed by atoms with Crippen molar-refractivity contribution in [3.05, 3.63) is 52.5 Å². The number of aliphatic imine (C=N–C) groups is 1. The van der Waals surface area contributed by atoms with Gasteiger partial charge >= 0.3 is 0 Å². The van der Waals surface area contributed by atoms with Crippen LogP contribution < -0.4 is 5.32 Å². The number of fused-ring (bicyclic) bond motifs is 2. The van der Waals surface area contributed by atoms with Gasteiger partial charge in [-0.3, -0.25) is 9.39 Å². The third kappa shape index (κ3) is 3.26. The maximum Gasteiger partial charge on any atom is 0.159 e. The number of anilines is 1. The standard InChI is InChI=1S/C20H23ClN6O/c1-13-18(27-10-6-7-15(21)20(27)25-13)16(22-3)11-28-12-23-19-14(2)24-17-8-4-5-9-26(17)19/h6-7,10-11,23H,3-5,8-9,12H2,1-2H3/b16-11-. The molecule has 146 valence electrons. The van der Waals surface area contributed by atoms with E-state index < -0.39 is 0 Å². The van der Waals surface area contributed by atoms with Gasteiger partial charge in [0.1, 0.15) is 23.6 Å². The van der Waals surface area contributed by atoms with Gasteiger partial charge in [0.25, 0.3) is 0 Å². The second-order valence-electron chi connectivity index (χ2n) is 6.82. The Morgan fingerprint density at radius 3 is 3.04 bits per heavy atom. The quantitative estimate of drug-likeness (QED) is 0.292. The highest BCUT2D eigenvalue weighted by Crippen LogP contribution is 2.26. The van der Waals surface area contributed by atoms with Crippen molar-refractivity contribution in [1.82, 2.24) is 18.9 Å². The van der Waals surface area contributed by atoms with Crippen LogP contribution in [0.15, 0.2) is 29.6 Å². The summed E-state index contributed by atoms with van der Waals surface area (Å²) in [5, 5.41) is 3.92. The van der Waals surface area contributed by atoms with E-state index in [1.54, 1.807) is 6.26 Å². The summed E-state index contributed by atoms with van der Waals surface area (Å²) in [5.41, 5.74) is 3.90. The molecule has 4 rings (SSSR count). The van der Waals surface area contributed by atoms with Gasteiger partial charge < -0.3 is 14.6 Å². The number of aromatic nitrogens is 4. The Hall–Kier alpha value is -2.80. The van der Waals surface area contributed by atoms with Crippen LogP contribution in [0.4, 0.5) is 5.82 Å². The van der Waals surface area contributed by atoms with Gasteiger partial charge in [0.2, 0.25) is 0 Å². The summed E-state index contributed by atoms with van der Waals surface area (Å²) in [6.07, 6.45) is 6.91. The Balaban J connectivity index is 1.52. The highest BCUT2D eigenvalue weighted by atomic mass is 35.5. The molecule has 28 heavy (non-hydrogen) atoms. The van der Waals surface area contributed by atoms with Crippen molar-refractivity contribution < 1.29 is 4.74 Å². The number of rotatable bonds is 6. The summed E-state index contributed by atoms with van der Waals surface area (Å²) in [7, 11) is 0. The van der Waals surface area contributed by atoms with Gasteiger partial charge in [0.05, 0.1) is 22.1 Å². The van der Waals surface area contributed by atoms with Crippen molar-refractivity contribution in [2.24, 2.45) is 4.99 Å². The lowest BCUT2D eigenvalue weighted by Gasteiger charge is -2.17. The van der Waals surface area contributed by atoms with Crippen molar-refractivity contribution in [2.75, 3.05) is 12.0 Å². The first kappa shape index (κ1) is 18.6. The van der Waals surface area contributed by atoms with Crippen LogP contribution in [0.2, 0.25) is 5.02 Å². The first-order valence-corrected chi connectivity index (χ1v) is 9.70. The summed E-state index contributed by atoms with van der Waals surface area (Å²) in [5.74, 6) is 2.17. The Morgan fingerprint density at radius 2 is 2.21 bits per heavy atom. The summed E-state index contributed by atoms with van der Waals surface area (Å²) in [6.45, 7) is 8.92. The molecular weight excluding hydrogens is 376 g/mol. The van der Waals surface area contributed by atoms with Gasteiger partial charge in [-0.05, 0) is 45.5 Å². The maximum atomic E-state index is 6.25. The molecule has 0 aliphatic carbocycles. The van der Waals surface area contributed by atoms with Crippen molar-refractivity contribution in [2.45, 2.75) is 39.7 Å². The lowest BCUT2D eigenvalue weighted by Crippen LogP contribution is -2.15. The Morgan fingerprint density at radius 1 is 1.36 bits per heavy atom. The Kier molecular flexibility index (Phi) is 5.09. The fourth-order valence-corrected chi connectivity index (χ4v) is 3.90. The molecule has 0 amide bonds. The summed E-state index contributed by atoms with van der Waals surface area (Å²) < 4.78 is 9.88. The number of ether oxygens (including phenoxy) is 1. The van der Waals surface area contributed by atoms with Gasteiger partial charge in [-0.25, -0.2) is 9.97 Å². The fraction of sp³-hybridized carbons (Fsp3) is 0.350. The lowest BCUT2D eigenvalue weighted by atomic mass is 10.2. The SMILES string of the molecule is C=N/C(=C\OCNc1c(C)nc2n1CCCC2)c1c(C)nc2c(Cl)cccn12. The van der Waals surface area contributed by atoms with Crippen LogP contribution in [-0.4, -0.2) is 32.4 Å². The molecule has 8 heteroatoms. The van der Waals surface area contributed by atoms with Crippen LogP contribution >= 0.6 is 11.6 Å². The van der Waals surface area contributed by atoms with Crippen molar-refractivity contribution in [3.63, 3.8) is 0 Å². The third-order valence-corrected chi connectivity index (χ3v) is 5.26. The zero-order chi connectivity index (χ0) is 19.7. The first-order chi connectivity index (χ1) is 13.6. The molecule has 0 atom stereocenters. The van der Waals surface area contributed by atoms with Crippen LogP contribution in [0.25, 0.3) is 11.3 Å². The van der Waals surface area contributed by atoms with E-state index >= 15 is 0 Å². The van der Waals surface area contributed by atoms with E-state index in [9.17, 15) is 0 Å². The summed E-state index contributed by atoms with van der Waals surface area (Å²) in [4.78, 5) is 13.3. The van der Waals surface area contributed by atoms with Crippen LogP contribution in [0.5, 0.6) is 0 Å². The minimum Gasteiger partial charge on any atom is -0.479 e. The molecule has 3 aromatic heterocycles. The highest BCUT2D eigenvalue weighted by Gasteiger charge is 2.17.